The van der Waals surface area contributed by atoms with Gasteiger partial charge in [-0.1, -0.05) is 60.7 Å². The van der Waals surface area contributed by atoms with Gasteiger partial charge in [-0.05, 0) is 54.4 Å². The number of ether oxygens (including phenoxy) is 3. The third-order valence-corrected chi connectivity index (χ3v) is 7.29. The van der Waals surface area contributed by atoms with Crippen LogP contribution in [0.5, 0.6) is 17.2 Å². The second-order valence-electron chi connectivity index (χ2n) is 9.79. The van der Waals surface area contributed by atoms with Crippen molar-refractivity contribution in [2.75, 3.05) is 31.5 Å². The number of nitrogens with one attached hydrogen (secondary N) is 2. The Bertz CT molecular complexity index is 1820. The Kier molecular flexibility index (Phi) is 7.23. The summed E-state index contributed by atoms with van der Waals surface area (Å²) in [6, 6.07) is 26.6. The van der Waals surface area contributed by atoms with Crippen molar-refractivity contribution in [2.24, 2.45) is 0 Å². The maximum atomic E-state index is 14.0. The molecule has 0 bridgehead atoms. The molecule has 2 heterocycles. The predicted molar refractivity (Wildman–Crippen MR) is 163 cm³/mol. The number of para-hydroxylation sites is 2. The van der Waals surface area contributed by atoms with E-state index in [9.17, 15) is 4.79 Å². The van der Waals surface area contributed by atoms with Crippen LogP contribution in [0.4, 0.5) is 11.6 Å². The van der Waals surface area contributed by atoms with Gasteiger partial charge in [0.15, 0.2) is 17.3 Å². The lowest BCUT2D eigenvalue weighted by molar-refractivity contribution is -0.113. The Hall–Kier alpha value is -5.31. The van der Waals surface area contributed by atoms with Gasteiger partial charge in [0.2, 0.25) is 5.95 Å². The zero-order chi connectivity index (χ0) is 29.2. The zero-order valence-electron chi connectivity index (χ0n) is 23.8. The highest BCUT2D eigenvalue weighted by Gasteiger charge is 2.35. The Balaban J connectivity index is 1.49. The minimum absolute atomic E-state index is 0.296. The van der Waals surface area contributed by atoms with Crippen molar-refractivity contribution in [1.82, 2.24) is 14.8 Å². The molecule has 4 aromatic carbocycles. The van der Waals surface area contributed by atoms with Crippen molar-refractivity contribution in [2.45, 2.75) is 19.9 Å². The maximum Gasteiger partial charge on any atom is 0.255 e. The lowest BCUT2D eigenvalue weighted by Gasteiger charge is -2.29. The number of carbonyl (C=O) groups excluding carboxylic acids is 1. The molecule has 6 rings (SSSR count). The number of amides is 1. The van der Waals surface area contributed by atoms with Gasteiger partial charge in [-0.25, -0.2) is 4.68 Å². The van der Waals surface area contributed by atoms with Gasteiger partial charge in [-0.3, -0.25) is 4.79 Å². The fourth-order valence-electron chi connectivity index (χ4n) is 5.35. The minimum Gasteiger partial charge on any atom is -0.495 e. The van der Waals surface area contributed by atoms with E-state index >= 15 is 0 Å². The molecule has 0 aliphatic carbocycles. The molecular weight excluding hydrogens is 530 g/mol. The number of nitrogens with zero attached hydrogens (tertiary/aromatic N) is 3. The van der Waals surface area contributed by atoms with Gasteiger partial charge >= 0.3 is 0 Å². The van der Waals surface area contributed by atoms with E-state index in [1.165, 1.54) is 0 Å². The highest BCUT2D eigenvalue weighted by atomic mass is 16.5. The van der Waals surface area contributed by atoms with Crippen LogP contribution in [0.15, 0.2) is 96.2 Å². The summed E-state index contributed by atoms with van der Waals surface area (Å²) >= 11 is 0. The van der Waals surface area contributed by atoms with E-state index in [4.69, 9.17) is 24.3 Å². The lowest BCUT2D eigenvalue weighted by atomic mass is 9.94. The molecule has 1 atom stereocenters. The number of hydrogen-bond acceptors (Lipinski definition) is 7. The molecule has 5 aromatic rings. The van der Waals surface area contributed by atoms with E-state index in [0.717, 1.165) is 21.9 Å². The van der Waals surface area contributed by atoms with Crippen LogP contribution in [0, 0.1) is 0 Å². The van der Waals surface area contributed by atoms with E-state index in [0.29, 0.717) is 52.6 Å². The van der Waals surface area contributed by atoms with Gasteiger partial charge < -0.3 is 24.8 Å². The molecule has 0 saturated heterocycles. The summed E-state index contributed by atoms with van der Waals surface area (Å²) in [5.41, 5.74) is 3.39. The minimum atomic E-state index is -0.614. The molecule has 0 saturated carbocycles. The van der Waals surface area contributed by atoms with Crippen LogP contribution in [0.25, 0.3) is 22.2 Å². The van der Waals surface area contributed by atoms with E-state index < -0.39 is 6.04 Å². The summed E-state index contributed by atoms with van der Waals surface area (Å²) in [5.74, 6) is 2.53. The molecule has 1 amide bonds. The highest BCUT2D eigenvalue weighted by Crippen LogP contribution is 2.41. The first-order chi connectivity index (χ1) is 20.5. The second kappa shape index (κ2) is 11.3. The van der Waals surface area contributed by atoms with E-state index in [-0.39, 0.29) is 5.91 Å². The summed E-state index contributed by atoms with van der Waals surface area (Å²) in [4.78, 5) is 18.9. The highest BCUT2D eigenvalue weighted by molar-refractivity contribution is 6.06. The molecule has 1 aliphatic heterocycles. The first kappa shape index (κ1) is 26.9. The summed E-state index contributed by atoms with van der Waals surface area (Å²) in [6.07, 6.45) is 0. The molecule has 0 spiro atoms. The molecule has 1 unspecified atom stereocenters. The fraction of sp³-hybridized carbons (Fsp3) is 0.182. The normalized spacial score (nSPS) is 14.2. The van der Waals surface area contributed by atoms with Gasteiger partial charge in [0, 0.05) is 11.3 Å². The molecule has 2 N–H and O–H groups in total. The molecule has 0 fully saturated rings. The lowest BCUT2D eigenvalue weighted by Crippen LogP contribution is -2.31. The summed E-state index contributed by atoms with van der Waals surface area (Å²) < 4.78 is 18.7. The van der Waals surface area contributed by atoms with Crippen LogP contribution in [0.3, 0.4) is 0 Å². The number of rotatable bonds is 8. The van der Waals surface area contributed by atoms with Crippen LogP contribution in [0.1, 0.15) is 25.5 Å². The van der Waals surface area contributed by atoms with Crippen molar-refractivity contribution in [3.05, 3.63) is 102 Å². The number of methoxy groups -OCH3 is 2. The number of anilines is 2. The summed E-state index contributed by atoms with van der Waals surface area (Å²) in [6.45, 7) is 4.28. The van der Waals surface area contributed by atoms with E-state index in [1.54, 1.807) is 31.0 Å². The summed E-state index contributed by atoms with van der Waals surface area (Å²) in [7, 11) is 3.17. The Labute approximate surface area is 243 Å². The van der Waals surface area contributed by atoms with Crippen molar-refractivity contribution in [1.29, 1.82) is 0 Å². The Morgan fingerprint density at radius 1 is 0.929 bits per heavy atom. The molecular formula is C33H31N5O4. The number of aromatic nitrogens is 3. The SMILES string of the molecule is CCOc1ccc(C2C(C(=O)Nc3ccccc3OC)=C(C)Nc3nc(-c4cccc5ccccc45)nn32)cc1OC. The van der Waals surface area contributed by atoms with Gasteiger partial charge in [0.1, 0.15) is 11.8 Å². The molecule has 42 heavy (non-hydrogen) atoms. The van der Waals surface area contributed by atoms with Crippen LogP contribution in [0.2, 0.25) is 0 Å². The first-order valence-corrected chi connectivity index (χ1v) is 13.7. The Morgan fingerprint density at radius 2 is 1.69 bits per heavy atom. The first-order valence-electron chi connectivity index (χ1n) is 13.7. The molecule has 1 aliphatic rings. The average molecular weight is 562 g/mol. The number of allylic oxidation sites excluding steroid dienone is 1. The van der Waals surface area contributed by atoms with Crippen molar-refractivity contribution < 1.29 is 19.0 Å². The summed E-state index contributed by atoms with van der Waals surface area (Å²) in [5, 5.41) is 13.5. The number of carbonyl (C=O) groups is 1. The van der Waals surface area contributed by atoms with Gasteiger partial charge in [0.05, 0.1) is 32.1 Å². The number of hydrogen-bond donors (Lipinski definition) is 2. The van der Waals surface area contributed by atoms with Crippen molar-refractivity contribution in [3.63, 3.8) is 0 Å². The second-order valence-corrected chi connectivity index (χ2v) is 9.79. The van der Waals surface area contributed by atoms with Gasteiger partial charge in [-0.2, -0.15) is 4.98 Å². The topological polar surface area (TPSA) is 99.5 Å². The zero-order valence-corrected chi connectivity index (χ0v) is 23.8. The Morgan fingerprint density at radius 3 is 2.50 bits per heavy atom. The molecule has 0 radical (unpaired) electrons. The van der Waals surface area contributed by atoms with Crippen molar-refractivity contribution in [3.8, 4) is 28.6 Å². The largest absolute Gasteiger partial charge is 0.495 e. The van der Waals surface area contributed by atoms with Gasteiger partial charge in [-0.15, -0.1) is 5.10 Å². The molecule has 9 heteroatoms. The third kappa shape index (κ3) is 4.79. The van der Waals surface area contributed by atoms with E-state index in [1.807, 2.05) is 68.4 Å². The van der Waals surface area contributed by atoms with Crippen molar-refractivity contribution >= 4 is 28.3 Å². The average Bonchev–Trinajstić information content (AvgIpc) is 3.44. The number of benzene rings is 4. The molecule has 1 aromatic heterocycles. The van der Waals surface area contributed by atoms with Crippen LogP contribution < -0.4 is 24.8 Å². The number of fused-ring (bicyclic) bond motifs is 2. The van der Waals surface area contributed by atoms with Crippen LogP contribution >= 0.6 is 0 Å². The fourth-order valence-corrected chi connectivity index (χ4v) is 5.35. The molecule has 9 nitrogen and oxygen atoms in total. The predicted octanol–water partition coefficient (Wildman–Crippen LogP) is 6.44. The van der Waals surface area contributed by atoms with Crippen LogP contribution in [-0.4, -0.2) is 41.5 Å². The third-order valence-electron chi connectivity index (χ3n) is 7.29. The van der Waals surface area contributed by atoms with Crippen LogP contribution in [-0.2, 0) is 4.79 Å². The van der Waals surface area contributed by atoms with E-state index in [2.05, 4.69) is 28.8 Å². The molecule has 212 valence electrons. The standard InChI is InChI=1S/C33H31N5O4/c1-5-42-27-18-17-22(19-28(27)41-4)30-29(32(39)35-25-15-8-9-16-26(25)40-3)20(2)34-33-36-31(37-38(30)33)24-14-10-12-21-11-6-7-13-23(21)24/h6-19,30H,5H2,1-4H3,(H,35,39)(H,34,36,37). The monoisotopic (exact) mass is 561 g/mol. The van der Waals surface area contributed by atoms with Gasteiger partial charge in [0.25, 0.3) is 5.91 Å². The quantitative estimate of drug-likeness (QED) is 0.225. The smallest absolute Gasteiger partial charge is 0.255 e. The maximum absolute atomic E-state index is 14.0.